The number of rotatable bonds is 6. The fraction of sp³-hybridized carbons (Fsp3) is 0.381. The minimum Gasteiger partial charge on any atom is -0.495 e. The Labute approximate surface area is 166 Å². The van der Waals surface area contributed by atoms with Gasteiger partial charge in [0.05, 0.1) is 17.7 Å². The second-order valence-electron chi connectivity index (χ2n) is 7.51. The maximum Gasteiger partial charge on any atom is 0.262 e. The molecule has 0 spiro atoms. The van der Waals surface area contributed by atoms with Crippen LogP contribution >= 0.6 is 0 Å². The molecule has 0 unspecified atom stereocenters. The molecular formula is C21H26N2O4S. The summed E-state index contributed by atoms with van der Waals surface area (Å²) in [6.07, 6.45) is 3.79. The van der Waals surface area contributed by atoms with E-state index in [1.54, 1.807) is 43.3 Å². The Bertz CT molecular complexity index is 980. The lowest BCUT2D eigenvalue weighted by Gasteiger charge is -2.22. The molecule has 0 heterocycles. The number of anilines is 2. The van der Waals surface area contributed by atoms with Crippen molar-refractivity contribution in [2.45, 2.75) is 44.4 Å². The van der Waals surface area contributed by atoms with Crippen molar-refractivity contribution in [1.82, 2.24) is 0 Å². The van der Waals surface area contributed by atoms with Crippen LogP contribution in [0, 0.1) is 12.3 Å². The van der Waals surface area contributed by atoms with Gasteiger partial charge in [-0.2, -0.15) is 0 Å². The van der Waals surface area contributed by atoms with Gasteiger partial charge in [0.25, 0.3) is 10.0 Å². The van der Waals surface area contributed by atoms with E-state index in [1.807, 2.05) is 6.92 Å². The van der Waals surface area contributed by atoms with Crippen LogP contribution in [0.1, 0.15) is 38.2 Å². The summed E-state index contributed by atoms with van der Waals surface area (Å²) in [6, 6.07) is 11.7. The highest BCUT2D eigenvalue weighted by molar-refractivity contribution is 7.92. The predicted octanol–water partition coefficient (Wildman–Crippen LogP) is 4.32. The quantitative estimate of drug-likeness (QED) is 0.753. The van der Waals surface area contributed by atoms with Gasteiger partial charge in [0.1, 0.15) is 5.75 Å². The smallest absolute Gasteiger partial charge is 0.262 e. The zero-order valence-corrected chi connectivity index (χ0v) is 17.2. The maximum absolute atomic E-state index is 13.0. The molecule has 0 radical (unpaired) electrons. The molecule has 150 valence electrons. The Morgan fingerprint density at radius 1 is 1.11 bits per heavy atom. The van der Waals surface area contributed by atoms with Gasteiger partial charge < -0.3 is 10.1 Å². The first kappa shape index (κ1) is 20.2. The van der Waals surface area contributed by atoms with Crippen molar-refractivity contribution in [3.8, 4) is 5.75 Å². The standard InChI is InChI=1S/C21H26N2O4S/c1-15-10-11-16(22-20(24)21(2)12-6-7-13-21)14-19(15)28(25,26)23-17-8-4-5-9-18(17)27-3/h4-5,8-11,14,23H,6-7,12-13H2,1-3H3,(H,22,24). The summed E-state index contributed by atoms with van der Waals surface area (Å²) in [6.45, 7) is 3.69. The normalized spacial score (nSPS) is 15.8. The second kappa shape index (κ2) is 7.83. The van der Waals surface area contributed by atoms with E-state index >= 15 is 0 Å². The number of nitrogens with one attached hydrogen (secondary N) is 2. The van der Waals surface area contributed by atoms with Crippen LogP contribution < -0.4 is 14.8 Å². The molecule has 0 aromatic heterocycles. The Balaban J connectivity index is 1.87. The average molecular weight is 403 g/mol. The van der Waals surface area contributed by atoms with Gasteiger partial charge in [-0.1, -0.05) is 38.0 Å². The number of ether oxygens (including phenoxy) is 1. The van der Waals surface area contributed by atoms with E-state index in [0.29, 0.717) is 22.7 Å². The van der Waals surface area contributed by atoms with Gasteiger partial charge in [-0.3, -0.25) is 9.52 Å². The van der Waals surface area contributed by atoms with Crippen molar-refractivity contribution in [3.05, 3.63) is 48.0 Å². The molecule has 1 saturated carbocycles. The number of amides is 1. The first-order valence-corrected chi connectivity index (χ1v) is 10.8. The Hall–Kier alpha value is -2.54. The summed E-state index contributed by atoms with van der Waals surface area (Å²) >= 11 is 0. The summed E-state index contributed by atoms with van der Waals surface area (Å²) in [4.78, 5) is 12.8. The Kier molecular flexibility index (Phi) is 5.65. The van der Waals surface area contributed by atoms with E-state index in [0.717, 1.165) is 25.7 Å². The lowest BCUT2D eigenvalue weighted by molar-refractivity contribution is -0.124. The van der Waals surface area contributed by atoms with Crippen molar-refractivity contribution in [2.24, 2.45) is 5.41 Å². The number of methoxy groups -OCH3 is 1. The molecule has 7 heteroatoms. The lowest BCUT2D eigenvalue weighted by atomic mass is 9.88. The van der Waals surface area contributed by atoms with Crippen LogP contribution in [0.5, 0.6) is 5.75 Å². The Morgan fingerprint density at radius 3 is 2.46 bits per heavy atom. The summed E-state index contributed by atoms with van der Waals surface area (Å²) in [5, 5.41) is 2.89. The third-order valence-electron chi connectivity index (χ3n) is 5.34. The molecule has 0 bridgehead atoms. The van der Waals surface area contributed by atoms with Gasteiger partial charge in [0, 0.05) is 11.1 Å². The monoisotopic (exact) mass is 402 g/mol. The number of hydrogen-bond donors (Lipinski definition) is 2. The first-order valence-electron chi connectivity index (χ1n) is 9.33. The third kappa shape index (κ3) is 4.14. The predicted molar refractivity (Wildman–Crippen MR) is 110 cm³/mol. The molecule has 1 amide bonds. The molecule has 2 aromatic rings. The molecule has 0 aliphatic heterocycles. The molecular weight excluding hydrogens is 376 g/mol. The first-order chi connectivity index (χ1) is 13.2. The largest absolute Gasteiger partial charge is 0.495 e. The molecule has 0 atom stereocenters. The minimum absolute atomic E-state index is 0.0603. The molecule has 1 fully saturated rings. The molecule has 28 heavy (non-hydrogen) atoms. The fourth-order valence-corrected chi connectivity index (χ4v) is 4.90. The number of hydrogen-bond acceptors (Lipinski definition) is 4. The number of sulfonamides is 1. The highest BCUT2D eigenvalue weighted by Crippen LogP contribution is 2.38. The van der Waals surface area contributed by atoms with Crippen LogP contribution in [0.25, 0.3) is 0 Å². The molecule has 2 N–H and O–H groups in total. The topological polar surface area (TPSA) is 84.5 Å². The molecule has 1 aliphatic carbocycles. The van der Waals surface area contributed by atoms with E-state index in [1.165, 1.54) is 13.2 Å². The molecule has 6 nitrogen and oxygen atoms in total. The number of carbonyl (C=O) groups excluding carboxylic acids is 1. The summed E-state index contributed by atoms with van der Waals surface area (Å²) < 4.78 is 33.7. The molecule has 0 saturated heterocycles. The van der Waals surface area contributed by atoms with E-state index in [-0.39, 0.29) is 16.2 Å². The fourth-order valence-electron chi connectivity index (χ4n) is 3.56. The van der Waals surface area contributed by atoms with Crippen LogP contribution in [0.15, 0.2) is 47.4 Å². The SMILES string of the molecule is COc1ccccc1NS(=O)(=O)c1cc(NC(=O)C2(C)CCCC2)ccc1C. The molecule has 2 aromatic carbocycles. The van der Waals surface area contributed by atoms with Crippen LogP contribution in [0.3, 0.4) is 0 Å². The van der Waals surface area contributed by atoms with Gasteiger partial charge in [0.15, 0.2) is 0 Å². The second-order valence-corrected chi connectivity index (χ2v) is 9.16. The van der Waals surface area contributed by atoms with Gasteiger partial charge in [-0.15, -0.1) is 0 Å². The number of para-hydroxylation sites is 2. The minimum atomic E-state index is -3.85. The zero-order chi connectivity index (χ0) is 20.4. The number of carbonyl (C=O) groups is 1. The van der Waals surface area contributed by atoms with Crippen molar-refractivity contribution in [1.29, 1.82) is 0 Å². The molecule has 3 rings (SSSR count). The van der Waals surface area contributed by atoms with Gasteiger partial charge in [0.2, 0.25) is 5.91 Å². The van der Waals surface area contributed by atoms with Crippen molar-refractivity contribution in [3.63, 3.8) is 0 Å². The van der Waals surface area contributed by atoms with Gasteiger partial charge in [-0.05, 0) is 49.6 Å². The summed E-state index contributed by atoms with van der Waals surface area (Å²) in [5.41, 5.74) is 1.04. The van der Waals surface area contributed by atoms with Gasteiger partial charge >= 0.3 is 0 Å². The Morgan fingerprint density at radius 2 is 1.79 bits per heavy atom. The van der Waals surface area contributed by atoms with E-state index in [9.17, 15) is 13.2 Å². The van der Waals surface area contributed by atoms with Crippen LogP contribution in [-0.2, 0) is 14.8 Å². The number of aryl methyl sites for hydroxylation is 1. The lowest BCUT2D eigenvalue weighted by Crippen LogP contribution is -2.30. The molecule has 1 aliphatic rings. The van der Waals surface area contributed by atoms with Crippen LogP contribution in [0.4, 0.5) is 11.4 Å². The van der Waals surface area contributed by atoms with E-state index in [2.05, 4.69) is 10.0 Å². The highest BCUT2D eigenvalue weighted by Gasteiger charge is 2.36. The van der Waals surface area contributed by atoms with Crippen LogP contribution in [0.2, 0.25) is 0 Å². The van der Waals surface area contributed by atoms with Crippen molar-refractivity contribution >= 4 is 27.3 Å². The van der Waals surface area contributed by atoms with Crippen LogP contribution in [-0.4, -0.2) is 21.4 Å². The summed E-state index contributed by atoms with van der Waals surface area (Å²) in [5.74, 6) is 0.372. The zero-order valence-electron chi connectivity index (χ0n) is 16.4. The summed E-state index contributed by atoms with van der Waals surface area (Å²) in [7, 11) is -2.37. The van der Waals surface area contributed by atoms with E-state index in [4.69, 9.17) is 4.74 Å². The van der Waals surface area contributed by atoms with Gasteiger partial charge in [-0.25, -0.2) is 8.42 Å². The highest BCUT2D eigenvalue weighted by atomic mass is 32.2. The maximum atomic E-state index is 13.0. The third-order valence-corrected chi connectivity index (χ3v) is 6.85. The van der Waals surface area contributed by atoms with Crippen molar-refractivity contribution < 1.29 is 17.9 Å². The number of benzene rings is 2. The van der Waals surface area contributed by atoms with E-state index < -0.39 is 10.0 Å². The van der Waals surface area contributed by atoms with Crippen molar-refractivity contribution in [2.75, 3.05) is 17.1 Å². The average Bonchev–Trinajstić information content (AvgIpc) is 3.11.